The molecule has 74 valence electrons. The molecule has 0 heterocycles. The molecular formula is C14H12O. The molecule has 0 unspecified atom stereocenters. The minimum atomic E-state index is 0.368. The van der Waals surface area contributed by atoms with Crippen LogP contribution in [0.1, 0.15) is 5.56 Å². The molecule has 0 amide bonds. The fourth-order valence-corrected chi connectivity index (χ4v) is 1.56. The van der Waals surface area contributed by atoms with Gasteiger partial charge < -0.3 is 4.74 Å². The van der Waals surface area contributed by atoms with Crippen LogP contribution in [0.4, 0.5) is 0 Å². The van der Waals surface area contributed by atoms with Gasteiger partial charge in [0.15, 0.2) is 0 Å². The van der Waals surface area contributed by atoms with Gasteiger partial charge in [-0.25, -0.2) is 0 Å². The Morgan fingerprint density at radius 3 is 2.67 bits per heavy atom. The van der Waals surface area contributed by atoms with E-state index in [-0.39, 0.29) is 0 Å². The number of benzene rings is 2. The van der Waals surface area contributed by atoms with Gasteiger partial charge in [-0.1, -0.05) is 42.3 Å². The van der Waals surface area contributed by atoms with Crippen molar-refractivity contribution in [1.29, 1.82) is 0 Å². The number of hydrogen-bond acceptors (Lipinski definition) is 1. The quantitative estimate of drug-likeness (QED) is 0.541. The van der Waals surface area contributed by atoms with Crippen molar-refractivity contribution < 1.29 is 4.74 Å². The van der Waals surface area contributed by atoms with E-state index in [9.17, 15) is 0 Å². The fraction of sp³-hybridized carbons (Fsp3) is 0.143. The van der Waals surface area contributed by atoms with Gasteiger partial charge in [0.05, 0.1) is 6.61 Å². The molecule has 0 aliphatic carbocycles. The van der Waals surface area contributed by atoms with Crippen molar-refractivity contribution in [2.24, 2.45) is 0 Å². The van der Waals surface area contributed by atoms with Crippen LogP contribution < -0.4 is 0 Å². The lowest BCUT2D eigenvalue weighted by Gasteiger charge is -2.03. The van der Waals surface area contributed by atoms with Gasteiger partial charge >= 0.3 is 0 Å². The number of rotatable bonds is 3. The Morgan fingerprint density at radius 1 is 1.07 bits per heavy atom. The van der Waals surface area contributed by atoms with Gasteiger partial charge in [0.25, 0.3) is 0 Å². The van der Waals surface area contributed by atoms with Crippen molar-refractivity contribution in [3.05, 3.63) is 48.0 Å². The van der Waals surface area contributed by atoms with Crippen LogP contribution in [-0.4, -0.2) is 6.61 Å². The van der Waals surface area contributed by atoms with Crippen LogP contribution in [0.3, 0.4) is 0 Å². The van der Waals surface area contributed by atoms with Crippen molar-refractivity contribution in [2.75, 3.05) is 6.61 Å². The van der Waals surface area contributed by atoms with Gasteiger partial charge in [-0.15, -0.1) is 6.42 Å². The van der Waals surface area contributed by atoms with Crippen LogP contribution in [0.15, 0.2) is 42.5 Å². The molecule has 0 bridgehead atoms. The van der Waals surface area contributed by atoms with Gasteiger partial charge in [-0.05, 0) is 22.4 Å². The SMILES string of the molecule is C#CCOCc1ccc2ccccc2c1. The van der Waals surface area contributed by atoms with E-state index in [1.807, 2.05) is 12.1 Å². The lowest BCUT2D eigenvalue weighted by molar-refractivity contribution is 0.153. The number of hydrogen-bond donors (Lipinski definition) is 0. The first kappa shape index (κ1) is 9.76. The summed E-state index contributed by atoms with van der Waals surface area (Å²) >= 11 is 0. The maximum atomic E-state index is 5.28. The average molecular weight is 196 g/mol. The highest BCUT2D eigenvalue weighted by Gasteiger charge is 1.95. The Labute approximate surface area is 89.7 Å². The van der Waals surface area contributed by atoms with E-state index in [0.717, 1.165) is 5.56 Å². The summed E-state index contributed by atoms with van der Waals surface area (Å²) in [5.74, 6) is 2.45. The monoisotopic (exact) mass is 196 g/mol. The first-order chi connectivity index (χ1) is 7.40. The Morgan fingerprint density at radius 2 is 1.87 bits per heavy atom. The smallest absolute Gasteiger partial charge is 0.107 e. The summed E-state index contributed by atoms with van der Waals surface area (Å²) in [4.78, 5) is 0. The Kier molecular flexibility index (Phi) is 3.02. The van der Waals surface area contributed by atoms with Crippen LogP contribution >= 0.6 is 0 Å². The molecule has 2 aromatic rings. The molecule has 0 atom stereocenters. The van der Waals surface area contributed by atoms with Crippen molar-refractivity contribution in [2.45, 2.75) is 6.61 Å². The van der Waals surface area contributed by atoms with E-state index in [4.69, 9.17) is 11.2 Å². The minimum absolute atomic E-state index is 0.368. The molecule has 0 aromatic heterocycles. The summed E-state index contributed by atoms with van der Waals surface area (Å²) in [6, 6.07) is 14.6. The second-order valence-corrected chi connectivity index (χ2v) is 3.38. The largest absolute Gasteiger partial charge is 0.364 e. The van der Waals surface area contributed by atoms with E-state index in [0.29, 0.717) is 13.2 Å². The zero-order valence-corrected chi connectivity index (χ0v) is 8.44. The predicted molar refractivity (Wildman–Crippen MR) is 62.4 cm³/mol. The maximum Gasteiger partial charge on any atom is 0.107 e. The third-order valence-corrected chi connectivity index (χ3v) is 2.27. The molecule has 0 fully saturated rings. The fourth-order valence-electron chi connectivity index (χ4n) is 1.56. The highest BCUT2D eigenvalue weighted by atomic mass is 16.5. The number of terminal acetylenes is 1. The standard InChI is InChI=1S/C14H12O/c1-2-9-15-11-12-7-8-13-5-3-4-6-14(13)10-12/h1,3-8,10H,9,11H2. The normalized spacial score (nSPS) is 10.1. The average Bonchev–Trinajstić information content (AvgIpc) is 2.29. The predicted octanol–water partition coefficient (Wildman–Crippen LogP) is 2.99. The maximum absolute atomic E-state index is 5.28. The molecular weight excluding hydrogens is 184 g/mol. The van der Waals surface area contributed by atoms with Crippen molar-refractivity contribution in [1.82, 2.24) is 0 Å². The third kappa shape index (κ3) is 2.37. The minimum Gasteiger partial charge on any atom is -0.364 e. The van der Waals surface area contributed by atoms with Crippen molar-refractivity contribution >= 4 is 10.8 Å². The van der Waals surface area contributed by atoms with Crippen LogP contribution in [0.5, 0.6) is 0 Å². The Balaban J connectivity index is 2.20. The second-order valence-electron chi connectivity index (χ2n) is 3.38. The molecule has 1 heteroatoms. The molecule has 0 aliphatic rings. The van der Waals surface area contributed by atoms with E-state index in [2.05, 4.69) is 36.3 Å². The van der Waals surface area contributed by atoms with E-state index >= 15 is 0 Å². The second kappa shape index (κ2) is 4.63. The highest BCUT2D eigenvalue weighted by Crippen LogP contribution is 2.15. The van der Waals surface area contributed by atoms with Crippen LogP contribution in [0.2, 0.25) is 0 Å². The van der Waals surface area contributed by atoms with E-state index < -0.39 is 0 Å². The topological polar surface area (TPSA) is 9.23 Å². The highest BCUT2D eigenvalue weighted by molar-refractivity contribution is 5.82. The van der Waals surface area contributed by atoms with Gasteiger partial charge in [-0.3, -0.25) is 0 Å². The summed E-state index contributed by atoms with van der Waals surface area (Å²) in [6.45, 7) is 0.946. The molecule has 0 N–H and O–H groups in total. The lowest BCUT2D eigenvalue weighted by Crippen LogP contribution is -1.92. The van der Waals surface area contributed by atoms with Crippen LogP contribution in [-0.2, 0) is 11.3 Å². The van der Waals surface area contributed by atoms with Crippen molar-refractivity contribution in [3.8, 4) is 12.3 Å². The van der Waals surface area contributed by atoms with Crippen LogP contribution in [0.25, 0.3) is 10.8 Å². The van der Waals surface area contributed by atoms with E-state index in [1.165, 1.54) is 10.8 Å². The Bertz CT molecular complexity index is 494. The molecule has 2 rings (SSSR count). The van der Waals surface area contributed by atoms with E-state index in [1.54, 1.807) is 0 Å². The molecule has 0 radical (unpaired) electrons. The molecule has 0 saturated heterocycles. The first-order valence-corrected chi connectivity index (χ1v) is 4.89. The summed E-state index contributed by atoms with van der Waals surface area (Å²) in [6.07, 6.45) is 5.11. The lowest BCUT2D eigenvalue weighted by atomic mass is 10.1. The summed E-state index contributed by atoms with van der Waals surface area (Å²) < 4.78 is 5.28. The molecule has 2 aromatic carbocycles. The summed E-state index contributed by atoms with van der Waals surface area (Å²) in [5.41, 5.74) is 1.16. The van der Waals surface area contributed by atoms with Gasteiger partial charge in [0.1, 0.15) is 6.61 Å². The van der Waals surface area contributed by atoms with Gasteiger partial charge in [-0.2, -0.15) is 0 Å². The molecule has 1 nitrogen and oxygen atoms in total. The van der Waals surface area contributed by atoms with Gasteiger partial charge in [0, 0.05) is 0 Å². The summed E-state index contributed by atoms with van der Waals surface area (Å²) in [7, 11) is 0. The number of ether oxygens (including phenoxy) is 1. The molecule has 0 saturated carbocycles. The Hall–Kier alpha value is -1.78. The molecule has 0 aliphatic heterocycles. The molecule has 15 heavy (non-hydrogen) atoms. The first-order valence-electron chi connectivity index (χ1n) is 4.89. The molecule has 0 spiro atoms. The van der Waals surface area contributed by atoms with Gasteiger partial charge in [0.2, 0.25) is 0 Å². The summed E-state index contributed by atoms with van der Waals surface area (Å²) in [5, 5.41) is 2.48. The zero-order valence-electron chi connectivity index (χ0n) is 8.44. The number of fused-ring (bicyclic) bond motifs is 1. The zero-order chi connectivity index (χ0) is 10.5. The van der Waals surface area contributed by atoms with Crippen molar-refractivity contribution in [3.63, 3.8) is 0 Å². The third-order valence-electron chi connectivity index (χ3n) is 2.27. The van der Waals surface area contributed by atoms with Crippen LogP contribution in [0, 0.1) is 12.3 Å².